The molecule has 0 aliphatic rings. The standard InChI is InChI=1S/C14H21F2N3O2/c1-9(7-21-3)19-13(17)18-8-14(2,20)11-5-4-10(15)6-12(11)16/h4-6,9,20H,7-8H2,1-3H3,(H3,17,18,19). The van der Waals surface area contributed by atoms with E-state index in [0.29, 0.717) is 6.61 Å². The minimum atomic E-state index is -1.59. The lowest BCUT2D eigenvalue weighted by Gasteiger charge is -2.23. The number of benzene rings is 1. The van der Waals surface area contributed by atoms with Crippen molar-refractivity contribution in [2.45, 2.75) is 25.5 Å². The van der Waals surface area contributed by atoms with Gasteiger partial charge in [-0.1, -0.05) is 6.07 Å². The number of ether oxygens (including phenoxy) is 1. The van der Waals surface area contributed by atoms with Crippen LogP contribution in [0.4, 0.5) is 8.78 Å². The van der Waals surface area contributed by atoms with Crippen molar-refractivity contribution >= 4 is 5.96 Å². The molecule has 5 nitrogen and oxygen atoms in total. The lowest BCUT2D eigenvalue weighted by molar-refractivity contribution is 0.0632. The van der Waals surface area contributed by atoms with Gasteiger partial charge in [-0.05, 0) is 19.9 Å². The van der Waals surface area contributed by atoms with Crippen molar-refractivity contribution in [2.75, 3.05) is 20.3 Å². The van der Waals surface area contributed by atoms with Crippen LogP contribution in [0.5, 0.6) is 0 Å². The lowest BCUT2D eigenvalue weighted by Crippen LogP contribution is -2.41. The summed E-state index contributed by atoms with van der Waals surface area (Å²) in [5, 5.41) is 13.1. The predicted molar refractivity (Wildman–Crippen MR) is 76.9 cm³/mol. The fourth-order valence-corrected chi connectivity index (χ4v) is 1.84. The molecule has 7 heteroatoms. The van der Waals surface area contributed by atoms with Crippen LogP contribution in [0.25, 0.3) is 0 Å². The molecule has 0 aromatic heterocycles. The van der Waals surface area contributed by atoms with E-state index in [2.05, 4.69) is 10.3 Å². The first kappa shape index (κ1) is 17.3. The molecule has 118 valence electrons. The highest BCUT2D eigenvalue weighted by Gasteiger charge is 2.26. The molecular weight excluding hydrogens is 280 g/mol. The summed E-state index contributed by atoms with van der Waals surface area (Å²) in [6.45, 7) is 3.52. The molecule has 0 bridgehead atoms. The highest BCUT2D eigenvalue weighted by Crippen LogP contribution is 2.24. The number of aliphatic imine (C=N–C) groups is 1. The van der Waals surface area contributed by atoms with E-state index in [0.717, 1.165) is 12.1 Å². The maximum atomic E-state index is 13.7. The summed E-state index contributed by atoms with van der Waals surface area (Å²) in [5.41, 5.74) is 4.05. The van der Waals surface area contributed by atoms with Crippen LogP contribution in [0.15, 0.2) is 23.2 Å². The Labute approximate surface area is 122 Å². The van der Waals surface area contributed by atoms with Crippen molar-refractivity contribution in [3.63, 3.8) is 0 Å². The Morgan fingerprint density at radius 1 is 1.52 bits per heavy atom. The number of methoxy groups -OCH3 is 1. The molecule has 2 atom stereocenters. The summed E-state index contributed by atoms with van der Waals surface area (Å²) in [4.78, 5) is 3.98. The Morgan fingerprint density at radius 2 is 2.19 bits per heavy atom. The molecule has 2 unspecified atom stereocenters. The van der Waals surface area contributed by atoms with E-state index in [1.807, 2.05) is 6.92 Å². The summed E-state index contributed by atoms with van der Waals surface area (Å²) in [7, 11) is 1.56. The Kier molecular flexibility index (Phi) is 6.04. The first-order valence-corrected chi connectivity index (χ1v) is 6.49. The van der Waals surface area contributed by atoms with Crippen molar-refractivity contribution < 1.29 is 18.6 Å². The molecule has 0 saturated heterocycles. The van der Waals surface area contributed by atoms with E-state index in [-0.39, 0.29) is 24.1 Å². The molecule has 0 saturated carbocycles. The number of rotatable bonds is 6. The van der Waals surface area contributed by atoms with E-state index in [4.69, 9.17) is 10.5 Å². The van der Waals surface area contributed by atoms with Gasteiger partial charge < -0.3 is 20.9 Å². The Bertz CT molecular complexity index is 507. The predicted octanol–water partition coefficient (Wildman–Crippen LogP) is 1.11. The molecule has 21 heavy (non-hydrogen) atoms. The van der Waals surface area contributed by atoms with Crippen LogP contribution in [0.3, 0.4) is 0 Å². The zero-order chi connectivity index (χ0) is 16.0. The number of halogens is 2. The monoisotopic (exact) mass is 301 g/mol. The summed E-state index contributed by atoms with van der Waals surface area (Å²) >= 11 is 0. The summed E-state index contributed by atoms with van der Waals surface area (Å²) < 4.78 is 31.5. The smallest absolute Gasteiger partial charge is 0.188 e. The molecule has 0 aliphatic carbocycles. The van der Waals surface area contributed by atoms with Crippen LogP contribution in [-0.4, -0.2) is 37.4 Å². The number of hydrogen-bond donors (Lipinski definition) is 3. The van der Waals surface area contributed by atoms with Gasteiger partial charge in [-0.25, -0.2) is 8.78 Å². The van der Waals surface area contributed by atoms with Crippen LogP contribution in [0.1, 0.15) is 19.4 Å². The second-order valence-corrected chi connectivity index (χ2v) is 5.10. The Hall–Kier alpha value is -1.73. The minimum absolute atomic E-state index is 0.0367. The van der Waals surface area contributed by atoms with Crippen LogP contribution < -0.4 is 11.1 Å². The highest BCUT2D eigenvalue weighted by atomic mass is 19.1. The largest absolute Gasteiger partial charge is 0.383 e. The zero-order valence-corrected chi connectivity index (χ0v) is 12.4. The van der Waals surface area contributed by atoms with Crippen molar-refractivity contribution in [3.05, 3.63) is 35.4 Å². The molecule has 0 spiro atoms. The van der Waals surface area contributed by atoms with Crippen LogP contribution >= 0.6 is 0 Å². The number of aliphatic hydroxyl groups is 1. The molecule has 0 radical (unpaired) electrons. The van der Waals surface area contributed by atoms with Crippen molar-refractivity contribution in [1.82, 2.24) is 5.32 Å². The fraction of sp³-hybridized carbons (Fsp3) is 0.500. The SMILES string of the molecule is COCC(C)NC(N)=NCC(C)(O)c1ccc(F)cc1F. The number of nitrogens with two attached hydrogens (primary N) is 1. The van der Waals surface area contributed by atoms with E-state index in [9.17, 15) is 13.9 Å². The van der Waals surface area contributed by atoms with Gasteiger partial charge in [0.1, 0.15) is 17.2 Å². The molecule has 1 aromatic carbocycles. The second kappa shape index (κ2) is 7.33. The first-order chi connectivity index (χ1) is 9.76. The Balaban J connectivity index is 2.75. The topological polar surface area (TPSA) is 79.9 Å². The molecule has 1 aromatic rings. The van der Waals surface area contributed by atoms with Gasteiger partial charge in [0.05, 0.1) is 13.2 Å². The first-order valence-electron chi connectivity index (χ1n) is 6.49. The van der Waals surface area contributed by atoms with Gasteiger partial charge in [-0.15, -0.1) is 0 Å². The van der Waals surface area contributed by atoms with Gasteiger partial charge in [-0.3, -0.25) is 4.99 Å². The average Bonchev–Trinajstić information content (AvgIpc) is 2.36. The quantitative estimate of drug-likeness (QED) is 0.543. The second-order valence-electron chi connectivity index (χ2n) is 5.10. The highest BCUT2D eigenvalue weighted by molar-refractivity contribution is 5.78. The fourth-order valence-electron chi connectivity index (χ4n) is 1.84. The van der Waals surface area contributed by atoms with Crippen molar-refractivity contribution in [2.24, 2.45) is 10.7 Å². The molecule has 0 heterocycles. The molecular formula is C14H21F2N3O2. The van der Waals surface area contributed by atoms with E-state index >= 15 is 0 Å². The number of hydrogen-bond acceptors (Lipinski definition) is 3. The number of guanidine groups is 1. The van der Waals surface area contributed by atoms with Crippen LogP contribution in [0.2, 0.25) is 0 Å². The normalized spacial score (nSPS) is 16.4. The zero-order valence-electron chi connectivity index (χ0n) is 12.4. The Morgan fingerprint density at radius 3 is 2.76 bits per heavy atom. The molecule has 0 fully saturated rings. The van der Waals surface area contributed by atoms with Crippen molar-refractivity contribution in [3.8, 4) is 0 Å². The van der Waals surface area contributed by atoms with Crippen LogP contribution in [0, 0.1) is 11.6 Å². The van der Waals surface area contributed by atoms with Crippen LogP contribution in [-0.2, 0) is 10.3 Å². The van der Waals surface area contributed by atoms with Crippen molar-refractivity contribution in [1.29, 1.82) is 0 Å². The third kappa shape index (κ3) is 5.28. The third-order valence-corrected chi connectivity index (χ3v) is 2.88. The van der Waals surface area contributed by atoms with Gasteiger partial charge in [0.2, 0.25) is 0 Å². The number of nitrogens with one attached hydrogen (secondary N) is 1. The maximum Gasteiger partial charge on any atom is 0.188 e. The van der Waals surface area contributed by atoms with Gasteiger partial charge in [0.25, 0.3) is 0 Å². The number of nitrogens with zero attached hydrogens (tertiary/aromatic N) is 1. The van der Waals surface area contributed by atoms with E-state index in [1.54, 1.807) is 7.11 Å². The van der Waals surface area contributed by atoms with Gasteiger partial charge >= 0.3 is 0 Å². The minimum Gasteiger partial charge on any atom is -0.383 e. The molecule has 1 rings (SSSR count). The summed E-state index contributed by atoms with van der Waals surface area (Å²) in [6.07, 6.45) is 0. The van der Waals surface area contributed by atoms with Gasteiger partial charge in [0.15, 0.2) is 5.96 Å². The van der Waals surface area contributed by atoms with Gasteiger partial charge in [-0.2, -0.15) is 0 Å². The molecule has 4 N–H and O–H groups in total. The third-order valence-electron chi connectivity index (χ3n) is 2.88. The molecule has 0 amide bonds. The van der Waals surface area contributed by atoms with E-state index < -0.39 is 17.2 Å². The maximum absolute atomic E-state index is 13.7. The average molecular weight is 301 g/mol. The van der Waals surface area contributed by atoms with Gasteiger partial charge in [0, 0.05) is 24.8 Å². The molecule has 0 aliphatic heterocycles. The summed E-state index contributed by atoms with van der Waals surface area (Å²) in [5.74, 6) is -1.41. The summed E-state index contributed by atoms with van der Waals surface area (Å²) in [6, 6.07) is 2.94. The van der Waals surface area contributed by atoms with E-state index in [1.165, 1.54) is 13.0 Å². The lowest BCUT2D eigenvalue weighted by atomic mass is 9.95.